The van der Waals surface area contributed by atoms with Gasteiger partial charge in [-0.25, -0.2) is 0 Å². The summed E-state index contributed by atoms with van der Waals surface area (Å²) in [7, 11) is 0. The van der Waals surface area contributed by atoms with Gasteiger partial charge in [-0.2, -0.15) is 0 Å². The second-order valence-electron chi connectivity index (χ2n) is 6.83. The van der Waals surface area contributed by atoms with E-state index in [-0.39, 0.29) is 12.3 Å². The van der Waals surface area contributed by atoms with Crippen molar-refractivity contribution in [2.45, 2.75) is 40.5 Å². The summed E-state index contributed by atoms with van der Waals surface area (Å²) in [4.78, 5) is 25.6. The van der Waals surface area contributed by atoms with E-state index in [1.54, 1.807) is 0 Å². The number of aryl methyl sites for hydroxylation is 2. The average molecular weight is 442 g/mol. The molecule has 0 aliphatic carbocycles. The summed E-state index contributed by atoms with van der Waals surface area (Å²) in [5.74, 6) is 0. The summed E-state index contributed by atoms with van der Waals surface area (Å²) in [6, 6.07) is 15.8. The molecule has 1 aromatic heterocycles. The SMILES string of the molecule is CCc1c(-c2cc(C)cc(C)c2)n(COCc2ccccc2)c(=O)n([Se])c1=O. The fraction of sp³-hybridized carbons (Fsp3) is 0.273. The van der Waals surface area contributed by atoms with Crippen LogP contribution in [0.2, 0.25) is 0 Å². The molecule has 0 unspecified atom stereocenters. The average Bonchev–Trinajstić information content (AvgIpc) is 2.67. The van der Waals surface area contributed by atoms with E-state index in [4.69, 9.17) is 4.74 Å². The molecule has 0 bridgehead atoms. The van der Waals surface area contributed by atoms with Gasteiger partial charge in [-0.05, 0) is 0 Å². The van der Waals surface area contributed by atoms with Crippen LogP contribution in [0.1, 0.15) is 29.2 Å². The molecule has 3 rings (SSSR count). The van der Waals surface area contributed by atoms with E-state index in [0.717, 1.165) is 25.8 Å². The van der Waals surface area contributed by atoms with Crippen LogP contribution in [-0.2, 0) is 24.5 Å². The molecule has 3 aromatic rings. The van der Waals surface area contributed by atoms with Crippen LogP contribution in [0.4, 0.5) is 0 Å². The molecule has 28 heavy (non-hydrogen) atoms. The van der Waals surface area contributed by atoms with Crippen molar-refractivity contribution in [3.8, 4) is 11.3 Å². The Morgan fingerprint density at radius 2 is 1.64 bits per heavy atom. The number of ether oxygens (including phenoxy) is 1. The van der Waals surface area contributed by atoms with Crippen molar-refractivity contribution in [3.63, 3.8) is 0 Å². The van der Waals surface area contributed by atoms with E-state index < -0.39 is 5.69 Å². The zero-order chi connectivity index (χ0) is 20.3. The molecule has 145 valence electrons. The first kappa shape index (κ1) is 20.3. The standard InChI is InChI=1S/C22H23N2O3Se/c1-4-19-20(18-11-15(2)10-16(3)12-18)23(22(26)24(28)21(19)25)14-27-13-17-8-6-5-7-9-17/h5-12H,4,13-14H2,1-3H3. The maximum atomic E-state index is 12.9. The van der Waals surface area contributed by atoms with E-state index in [2.05, 4.69) is 22.3 Å². The third-order valence-corrected chi connectivity index (χ3v) is 5.26. The van der Waals surface area contributed by atoms with E-state index in [9.17, 15) is 9.59 Å². The van der Waals surface area contributed by atoms with Gasteiger partial charge in [0.2, 0.25) is 0 Å². The van der Waals surface area contributed by atoms with Crippen molar-refractivity contribution in [2.24, 2.45) is 0 Å². The Bertz CT molecular complexity index is 1080. The summed E-state index contributed by atoms with van der Waals surface area (Å²) in [5.41, 5.74) is 4.52. The van der Waals surface area contributed by atoms with Gasteiger partial charge in [0.05, 0.1) is 0 Å². The number of hydrogen-bond donors (Lipinski definition) is 0. The minimum atomic E-state index is -0.426. The second kappa shape index (κ2) is 8.74. The summed E-state index contributed by atoms with van der Waals surface area (Å²) < 4.78 is 8.41. The van der Waals surface area contributed by atoms with Crippen molar-refractivity contribution in [1.29, 1.82) is 0 Å². The van der Waals surface area contributed by atoms with Gasteiger partial charge >= 0.3 is 173 Å². The Morgan fingerprint density at radius 1 is 1.00 bits per heavy atom. The Morgan fingerprint density at radius 3 is 2.25 bits per heavy atom. The van der Waals surface area contributed by atoms with Gasteiger partial charge in [0.1, 0.15) is 0 Å². The number of benzene rings is 2. The predicted octanol–water partition coefficient (Wildman–Crippen LogP) is 2.96. The molecule has 0 N–H and O–H groups in total. The molecule has 0 atom stereocenters. The van der Waals surface area contributed by atoms with Crippen LogP contribution in [0.5, 0.6) is 0 Å². The van der Waals surface area contributed by atoms with Crippen LogP contribution in [-0.4, -0.2) is 24.4 Å². The van der Waals surface area contributed by atoms with Crippen LogP contribution in [0.3, 0.4) is 0 Å². The van der Waals surface area contributed by atoms with E-state index in [1.807, 2.05) is 63.2 Å². The molecule has 1 radical (unpaired) electrons. The Hall–Kier alpha value is -2.40. The number of aromatic nitrogens is 2. The molecule has 2 aromatic carbocycles. The molecule has 0 aliphatic heterocycles. The fourth-order valence-corrected chi connectivity index (χ4v) is 3.83. The minimum absolute atomic E-state index is 0.0605. The van der Waals surface area contributed by atoms with Gasteiger partial charge in [-0.15, -0.1) is 0 Å². The molecule has 0 saturated carbocycles. The monoisotopic (exact) mass is 443 g/mol. The second-order valence-corrected chi connectivity index (χ2v) is 7.60. The molecule has 0 amide bonds. The fourth-order valence-electron chi connectivity index (χ4n) is 3.39. The van der Waals surface area contributed by atoms with Crippen molar-refractivity contribution in [1.82, 2.24) is 8.15 Å². The molecule has 0 aliphatic rings. The van der Waals surface area contributed by atoms with Gasteiger partial charge in [-0.3, -0.25) is 0 Å². The van der Waals surface area contributed by atoms with Crippen molar-refractivity contribution in [3.05, 3.63) is 91.6 Å². The van der Waals surface area contributed by atoms with Crippen molar-refractivity contribution in [2.75, 3.05) is 0 Å². The van der Waals surface area contributed by atoms with Crippen LogP contribution >= 0.6 is 0 Å². The van der Waals surface area contributed by atoms with Gasteiger partial charge in [0.15, 0.2) is 0 Å². The Kier molecular flexibility index (Phi) is 6.35. The summed E-state index contributed by atoms with van der Waals surface area (Å²) >= 11 is 2.58. The van der Waals surface area contributed by atoms with Gasteiger partial charge in [0.25, 0.3) is 0 Å². The normalized spacial score (nSPS) is 11.0. The molecule has 0 saturated heterocycles. The van der Waals surface area contributed by atoms with Gasteiger partial charge in [-0.1, -0.05) is 0 Å². The summed E-state index contributed by atoms with van der Waals surface area (Å²) in [5, 5.41) is 0. The van der Waals surface area contributed by atoms with Gasteiger partial charge < -0.3 is 0 Å². The molecule has 5 nitrogen and oxygen atoms in total. The van der Waals surface area contributed by atoms with E-state index in [0.29, 0.717) is 24.3 Å². The maximum absolute atomic E-state index is 12.9. The van der Waals surface area contributed by atoms with Crippen molar-refractivity contribution < 1.29 is 4.74 Å². The van der Waals surface area contributed by atoms with Crippen LogP contribution in [0.15, 0.2) is 58.1 Å². The number of hydrogen-bond acceptors (Lipinski definition) is 3. The zero-order valence-corrected chi connectivity index (χ0v) is 18.0. The van der Waals surface area contributed by atoms with Crippen LogP contribution < -0.4 is 11.2 Å². The molecule has 0 spiro atoms. The number of rotatable bonds is 6. The topological polar surface area (TPSA) is 53.2 Å². The van der Waals surface area contributed by atoms with Crippen molar-refractivity contribution >= 4 is 16.2 Å². The first-order valence-corrected chi connectivity index (χ1v) is 9.95. The van der Waals surface area contributed by atoms with Gasteiger partial charge in [0, 0.05) is 0 Å². The molecule has 6 heteroatoms. The molecular formula is C22H23N2O3Se. The van der Waals surface area contributed by atoms with E-state index >= 15 is 0 Å². The quantitative estimate of drug-likeness (QED) is 0.552. The molecular weight excluding hydrogens is 419 g/mol. The van der Waals surface area contributed by atoms with Crippen LogP contribution in [0, 0.1) is 13.8 Å². The molecule has 1 heterocycles. The summed E-state index contributed by atoms with van der Waals surface area (Å²) in [6.45, 7) is 6.37. The zero-order valence-electron chi connectivity index (χ0n) is 16.3. The first-order valence-electron chi connectivity index (χ1n) is 9.19. The van der Waals surface area contributed by atoms with Crippen LogP contribution in [0.25, 0.3) is 11.3 Å². The Balaban J connectivity index is 2.10. The first-order chi connectivity index (χ1) is 13.4. The Labute approximate surface area is 172 Å². The third-order valence-electron chi connectivity index (χ3n) is 4.58. The third kappa shape index (κ3) is 4.20. The number of nitrogens with zero attached hydrogens (tertiary/aromatic N) is 2. The predicted molar refractivity (Wildman–Crippen MR) is 112 cm³/mol. The molecule has 0 fully saturated rings. The van der Waals surface area contributed by atoms with E-state index in [1.165, 1.54) is 4.57 Å². The summed E-state index contributed by atoms with van der Waals surface area (Å²) in [6.07, 6.45) is 0.516.